The molecule has 1 aliphatic rings. The third kappa shape index (κ3) is 3.93. The van der Waals surface area contributed by atoms with Gasteiger partial charge in [0.2, 0.25) is 0 Å². The number of hydrogen-bond acceptors (Lipinski definition) is 3. The fourth-order valence-corrected chi connectivity index (χ4v) is 2.72. The van der Waals surface area contributed by atoms with Gasteiger partial charge in [-0.25, -0.2) is 13.3 Å². The minimum absolute atomic E-state index is 0.178. The van der Waals surface area contributed by atoms with Crippen LogP contribution in [-0.2, 0) is 0 Å². The second-order valence-electron chi connectivity index (χ2n) is 5.76. The molecule has 3 aromatic rings. The Morgan fingerprint density at radius 3 is 2.56 bits per heavy atom. The van der Waals surface area contributed by atoms with Gasteiger partial charge in [0.1, 0.15) is 12.0 Å². The van der Waals surface area contributed by atoms with E-state index in [-0.39, 0.29) is 5.82 Å². The minimum Gasteiger partial charge on any atom is -0.368 e. The van der Waals surface area contributed by atoms with Gasteiger partial charge in [-0.3, -0.25) is 4.79 Å². The first kappa shape index (κ1) is 16.9. The van der Waals surface area contributed by atoms with Crippen LogP contribution in [0, 0.1) is 5.82 Å². The fraction of sp³-hybridized carbons (Fsp3) is 0.222. The standard InChI is InChI=1S/C12H13FN4O.C6H5F/c13-8-1-3-16(7-8)9-2-4-17-11(5-9)10(6-15-17)12(14)18;7-6-4-2-1-3-5-6/h2,4-6,8H,1,3,7H2,(H2,14,18);1-5H. The average Bonchev–Trinajstić information content (AvgIpc) is 3.21. The van der Waals surface area contributed by atoms with Crippen LogP contribution >= 0.6 is 0 Å². The van der Waals surface area contributed by atoms with E-state index in [2.05, 4.69) is 5.10 Å². The molecule has 130 valence electrons. The number of nitrogens with two attached hydrogens (primary N) is 1. The van der Waals surface area contributed by atoms with Crippen molar-refractivity contribution in [2.45, 2.75) is 12.6 Å². The van der Waals surface area contributed by atoms with E-state index in [1.165, 1.54) is 18.3 Å². The number of pyridine rings is 1. The number of amides is 1. The zero-order chi connectivity index (χ0) is 17.8. The molecule has 0 aliphatic carbocycles. The number of primary amides is 1. The molecular weight excluding hydrogens is 326 g/mol. The van der Waals surface area contributed by atoms with E-state index in [1.54, 1.807) is 28.9 Å². The van der Waals surface area contributed by atoms with E-state index in [0.717, 1.165) is 5.69 Å². The first-order chi connectivity index (χ1) is 12.0. The van der Waals surface area contributed by atoms with Crippen molar-refractivity contribution in [1.82, 2.24) is 9.61 Å². The van der Waals surface area contributed by atoms with Crippen molar-refractivity contribution in [3.63, 3.8) is 0 Å². The van der Waals surface area contributed by atoms with Crippen LogP contribution in [-0.4, -0.2) is 34.8 Å². The topological polar surface area (TPSA) is 63.6 Å². The number of aromatic nitrogens is 2. The number of nitrogens with zero attached hydrogens (tertiary/aromatic N) is 3. The molecule has 1 atom stereocenters. The van der Waals surface area contributed by atoms with Crippen LogP contribution in [0.4, 0.5) is 14.5 Å². The summed E-state index contributed by atoms with van der Waals surface area (Å²) in [5, 5.41) is 4.05. The second kappa shape index (κ2) is 7.29. The molecule has 1 fully saturated rings. The zero-order valence-corrected chi connectivity index (χ0v) is 13.5. The maximum atomic E-state index is 13.2. The van der Waals surface area contributed by atoms with Gasteiger partial charge in [-0.1, -0.05) is 18.2 Å². The summed E-state index contributed by atoms with van der Waals surface area (Å²) in [6.07, 6.45) is 2.97. The number of halogens is 2. The maximum absolute atomic E-state index is 13.2. The van der Waals surface area contributed by atoms with Crippen LogP contribution in [0.25, 0.3) is 5.52 Å². The molecule has 3 heterocycles. The normalized spacial score (nSPS) is 16.6. The second-order valence-corrected chi connectivity index (χ2v) is 5.76. The smallest absolute Gasteiger partial charge is 0.252 e. The van der Waals surface area contributed by atoms with Gasteiger partial charge in [0, 0.05) is 25.0 Å². The Labute approximate surface area is 143 Å². The van der Waals surface area contributed by atoms with Crippen LogP contribution < -0.4 is 10.6 Å². The minimum atomic E-state index is -0.776. The Hall–Kier alpha value is -2.96. The van der Waals surface area contributed by atoms with Crippen LogP contribution in [0.1, 0.15) is 16.8 Å². The number of carbonyl (C=O) groups is 1. The number of fused-ring (bicyclic) bond motifs is 1. The lowest BCUT2D eigenvalue weighted by Crippen LogP contribution is -2.20. The van der Waals surface area contributed by atoms with Crippen molar-refractivity contribution in [3.8, 4) is 0 Å². The molecule has 0 spiro atoms. The summed E-state index contributed by atoms with van der Waals surface area (Å²) < 4.78 is 26.7. The van der Waals surface area contributed by atoms with Gasteiger partial charge in [-0.2, -0.15) is 5.10 Å². The van der Waals surface area contributed by atoms with Gasteiger partial charge >= 0.3 is 0 Å². The zero-order valence-electron chi connectivity index (χ0n) is 13.5. The predicted octanol–water partition coefficient (Wildman–Crippen LogP) is 2.81. The molecule has 1 saturated heterocycles. The Morgan fingerprint density at radius 1 is 1.24 bits per heavy atom. The molecule has 2 N–H and O–H groups in total. The lowest BCUT2D eigenvalue weighted by molar-refractivity contribution is 0.100. The highest BCUT2D eigenvalue weighted by Gasteiger charge is 2.22. The molecule has 1 aromatic carbocycles. The Morgan fingerprint density at radius 2 is 2.00 bits per heavy atom. The van der Waals surface area contributed by atoms with Crippen LogP contribution in [0.2, 0.25) is 0 Å². The highest BCUT2D eigenvalue weighted by molar-refractivity contribution is 5.99. The quantitative estimate of drug-likeness (QED) is 0.777. The number of rotatable bonds is 2. The summed E-state index contributed by atoms with van der Waals surface area (Å²) in [4.78, 5) is 13.2. The van der Waals surface area contributed by atoms with Crippen LogP contribution in [0.15, 0.2) is 54.9 Å². The van der Waals surface area contributed by atoms with E-state index in [1.807, 2.05) is 17.0 Å². The highest BCUT2D eigenvalue weighted by atomic mass is 19.1. The lowest BCUT2D eigenvalue weighted by Gasteiger charge is -2.17. The Bertz CT molecular complexity index is 866. The number of benzene rings is 1. The summed E-state index contributed by atoms with van der Waals surface area (Å²) in [6, 6.07) is 11.6. The van der Waals surface area contributed by atoms with Gasteiger partial charge in [0.05, 0.1) is 17.3 Å². The monoisotopic (exact) mass is 344 g/mol. The molecule has 0 saturated carbocycles. The Balaban J connectivity index is 0.000000219. The molecule has 1 amide bonds. The molecule has 0 radical (unpaired) electrons. The third-order valence-electron chi connectivity index (χ3n) is 4.00. The first-order valence-electron chi connectivity index (χ1n) is 7.91. The summed E-state index contributed by atoms with van der Waals surface area (Å²) in [5.74, 6) is -0.686. The molecule has 25 heavy (non-hydrogen) atoms. The largest absolute Gasteiger partial charge is 0.368 e. The van der Waals surface area contributed by atoms with E-state index < -0.39 is 12.1 Å². The molecule has 5 nitrogen and oxygen atoms in total. The SMILES string of the molecule is Fc1ccccc1.NC(=O)c1cnn2ccc(N3CCC(F)C3)cc12. The van der Waals surface area contributed by atoms with E-state index in [9.17, 15) is 13.6 Å². The van der Waals surface area contributed by atoms with Crippen LogP contribution in [0.5, 0.6) is 0 Å². The molecule has 2 aromatic heterocycles. The maximum Gasteiger partial charge on any atom is 0.252 e. The lowest BCUT2D eigenvalue weighted by atomic mass is 10.2. The average molecular weight is 344 g/mol. The van der Waals surface area contributed by atoms with Crippen molar-refractivity contribution >= 4 is 17.1 Å². The number of anilines is 1. The molecule has 7 heteroatoms. The summed E-state index contributed by atoms with van der Waals surface area (Å²) in [7, 11) is 0. The van der Waals surface area contributed by atoms with E-state index in [4.69, 9.17) is 5.73 Å². The van der Waals surface area contributed by atoms with E-state index >= 15 is 0 Å². The fourth-order valence-electron chi connectivity index (χ4n) is 2.72. The van der Waals surface area contributed by atoms with Gasteiger partial charge in [-0.15, -0.1) is 0 Å². The number of hydrogen-bond donors (Lipinski definition) is 1. The van der Waals surface area contributed by atoms with Crippen molar-refractivity contribution in [2.24, 2.45) is 5.73 Å². The molecule has 4 rings (SSSR count). The van der Waals surface area contributed by atoms with Gasteiger partial charge in [-0.05, 0) is 30.7 Å². The number of alkyl halides is 1. The molecule has 1 unspecified atom stereocenters. The first-order valence-corrected chi connectivity index (χ1v) is 7.91. The van der Waals surface area contributed by atoms with Crippen LogP contribution in [0.3, 0.4) is 0 Å². The highest BCUT2D eigenvalue weighted by Crippen LogP contribution is 2.24. The summed E-state index contributed by atoms with van der Waals surface area (Å²) >= 11 is 0. The van der Waals surface area contributed by atoms with Crippen molar-refractivity contribution in [2.75, 3.05) is 18.0 Å². The van der Waals surface area contributed by atoms with Gasteiger partial charge < -0.3 is 10.6 Å². The van der Waals surface area contributed by atoms with Crippen molar-refractivity contribution < 1.29 is 13.6 Å². The summed E-state index contributed by atoms with van der Waals surface area (Å²) in [5.41, 5.74) is 7.22. The van der Waals surface area contributed by atoms with E-state index in [0.29, 0.717) is 30.6 Å². The Kier molecular flexibility index (Phi) is 4.92. The third-order valence-corrected chi connectivity index (χ3v) is 4.00. The number of carbonyl (C=O) groups excluding carboxylic acids is 1. The van der Waals surface area contributed by atoms with Gasteiger partial charge in [0.25, 0.3) is 5.91 Å². The predicted molar refractivity (Wildman–Crippen MR) is 91.8 cm³/mol. The molecular formula is C18H18F2N4O. The van der Waals surface area contributed by atoms with Crippen molar-refractivity contribution in [1.29, 1.82) is 0 Å². The summed E-state index contributed by atoms with van der Waals surface area (Å²) in [6.45, 7) is 1.09. The molecule has 0 bridgehead atoms. The van der Waals surface area contributed by atoms with Crippen molar-refractivity contribution in [3.05, 3.63) is 66.2 Å². The molecule has 1 aliphatic heterocycles. The van der Waals surface area contributed by atoms with Gasteiger partial charge in [0.15, 0.2) is 0 Å².